The van der Waals surface area contributed by atoms with Gasteiger partial charge in [0.1, 0.15) is 0 Å². The van der Waals surface area contributed by atoms with Crippen LogP contribution < -0.4 is 4.90 Å². The molecule has 0 N–H and O–H groups in total. The lowest BCUT2D eigenvalue weighted by atomic mass is 10.1. The lowest BCUT2D eigenvalue weighted by Gasteiger charge is -2.37. The van der Waals surface area contributed by atoms with E-state index in [4.69, 9.17) is 0 Å². The first-order valence-corrected chi connectivity index (χ1v) is 11.7. The number of para-hydroxylation sites is 1. The Bertz CT molecular complexity index is 970. The topological polar surface area (TPSA) is 67.2 Å². The van der Waals surface area contributed by atoms with E-state index in [0.29, 0.717) is 26.2 Å². The van der Waals surface area contributed by atoms with Gasteiger partial charge >= 0.3 is 0 Å². The third-order valence-corrected chi connectivity index (χ3v) is 7.05. The number of carbonyl (C=O) groups excluding carboxylic acids is 1. The van der Waals surface area contributed by atoms with Crippen molar-refractivity contribution >= 4 is 23.6 Å². The molecule has 0 bridgehead atoms. The van der Waals surface area contributed by atoms with Crippen LogP contribution in [0, 0.1) is 5.92 Å². The Kier molecular flexibility index (Phi) is 6.86. The van der Waals surface area contributed by atoms with Crippen LogP contribution in [0.4, 0.5) is 5.95 Å². The maximum absolute atomic E-state index is 13.3. The van der Waals surface area contributed by atoms with E-state index in [1.807, 2.05) is 53.4 Å². The van der Waals surface area contributed by atoms with Crippen LogP contribution in [0.1, 0.15) is 19.4 Å². The summed E-state index contributed by atoms with van der Waals surface area (Å²) in [4.78, 5) is 17.4. The Hall–Kier alpha value is -2.87. The number of hydrogen-bond acceptors (Lipinski definition) is 6. The van der Waals surface area contributed by atoms with Crippen LogP contribution in [0.15, 0.2) is 60.7 Å². The van der Waals surface area contributed by atoms with E-state index in [1.165, 1.54) is 5.56 Å². The summed E-state index contributed by atoms with van der Waals surface area (Å²) in [6.07, 6.45) is 0. The number of tetrazole rings is 1. The second-order valence-electron chi connectivity index (χ2n) is 8.00. The molecule has 31 heavy (non-hydrogen) atoms. The first-order chi connectivity index (χ1) is 15.1. The molecule has 1 fully saturated rings. The molecule has 2 heterocycles. The molecule has 1 aromatic heterocycles. The molecule has 0 aliphatic carbocycles. The van der Waals surface area contributed by atoms with Gasteiger partial charge in [-0.25, -0.2) is 0 Å². The average molecular weight is 437 g/mol. The van der Waals surface area contributed by atoms with Crippen LogP contribution in [-0.4, -0.2) is 62.4 Å². The average Bonchev–Trinajstić information content (AvgIpc) is 3.30. The van der Waals surface area contributed by atoms with Crippen LogP contribution in [0.3, 0.4) is 0 Å². The zero-order valence-electron chi connectivity index (χ0n) is 18.0. The summed E-state index contributed by atoms with van der Waals surface area (Å²) in [5, 5.41) is 12.2. The van der Waals surface area contributed by atoms with Gasteiger partial charge < -0.3 is 9.80 Å². The first kappa shape index (κ1) is 21.4. The minimum Gasteiger partial charge on any atom is -0.338 e. The molecule has 7 nitrogen and oxygen atoms in total. The van der Waals surface area contributed by atoms with E-state index in [-0.39, 0.29) is 17.1 Å². The smallest absolute Gasteiger partial charge is 0.250 e. The van der Waals surface area contributed by atoms with Gasteiger partial charge in [0.2, 0.25) is 11.9 Å². The van der Waals surface area contributed by atoms with E-state index in [9.17, 15) is 4.79 Å². The Morgan fingerprint density at radius 3 is 2.26 bits per heavy atom. The maximum Gasteiger partial charge on any atom is 0.250 e. The summed E-state index contributed by atoms with van der Waals surface area (Å²) in [7, 11) is 0. The predicted molar refractivity (Wildman–Crippen MR) is 124 cm³/mol. The van der Waals surface area contributed by atoms with Crippen LogP contribution in [0.25, 0.3) is 5.69 Å². The third kappa shape index (κ3) is 5.07. The van der Waals surface area contributed by atoms with E-state index in [2.05, 4.69) is 46.4 Å². The monoisotopic (exact) mass is 436 g/mol. The van der Waals surface area contributed by atoms with Gasteiger partial charge in [-0.05, 0) is 34.0 Å². The quantitative estimate of drug-likeness (QED) is 0.566. The molecule has 2 aromatic carbocycles. The number of anilines is 1. The van der Waals surface area contributed by atoms with E-state index in [0.717, 1.165) is 17.4 Å². The van der Waals surface area contributed by atoms with Gasteiger partial charge in [-0.1, -0.05) is 67.5 Å². The minimum atomic E-state index is -0.0404. The summed E-state index contributed by atoms with van der Waals surface area (Å²) in [5.41, 5.74) is 2.18. The highest BCUT2D eigenvalue weighted by Crippen LogP contribution is 2.26. The van der Waals surface area contributed by atoms with Gasteiger partial charge in [0.15, 0.2) is 0 Å². The number of aromatic nitrogens is 4. The normalized spacial score (nSPS) is 15.3. The molecule has 1 unspecified atom stereocenters. The van der Waals surface area contributed by atoms with Crippen LogP contribution >= 0.6 is 11.8 Å². The van der Waals surface area contributed by atoms with Crippen molar-refractivity contribution in [3.8, 4) is 5.69 Å². The number of thioether (sulfide) groups is 1. The predicted octanol–water partition coefficient (Wildman–Crippen LogP) is 3.27. The molecule has 4 rings (SSSR count). The Morgan fingerprint density at radius 2 is 1.61 bits per heavy atom. The zero-order valence-corrected chi connectivity index (χ0v) is 18.8. The van der Waals surface area contributed by atoms with Crippen molar-refractivity contribution in [2.24, 2.45) is 5.92 Å². The largest absolute Gasteiger partial charge is 0.338 e. The number of benzene rings is 2. The number of nitrogens with zero attached hydrogens (tertiary/aromatic N) is 6. The first-order valence-electron chi connectivity index (χ1n) is 10.7. The fourth-order valence-corrected chi connectivity index (χ4v) is 4.97. The van der Waals surface area contributed by atoms with Crippen molar-refractivity contribution in [2.45, 2.75) is 24.9 Å². The molecule has 1 saturated heterocycles. The SMILES string of the molecule is CC(C)C(SCc1ccccc1)C(=O)N1CCN(c2nnnn2-c2ccccc2)CC1. The summed E-state index contributed by atoms with van der Waals surface area (Å²) < 4.78 is 1.75. The number of hydrogen-bond donors (Lipinski definition) is 0. The van der Waals surface area contributed by atoms with Gasteiger partial charge in [0.05, 0.1) is 10.9 Å². The molecule has 3 aromatic rings. The van der Waals surface area contributed by atoms with Gasteiger partial charge in [0.25, 0.3) is 0 Å². The highest BCUT2D eigenvalue weighted by Gasteiger charge is 2.31. The molecule has 0 saturated carbocycles. The number of carbonyl (C=O) groups is 1. The van der Waals surface area contributed by atoms with Gasteiger partial charge in [0, 0.05) is 31.9 Å². The number of rotatable bonds is 7. The second-order valence-corrected chi connectivity index (χ2v) is 9.13. The Balaban J connectivity index is 1.38. The lowest BCUT2D eigenvalue weighted by Crippen LogP contribution is -2.52. The second kappa shape index (κ2) is 9.96. The molecule has 1 aliphatic rings. The van der Waals surface area contributed by atoms with Crippen LogP contribution in [0.2, 0.25) is 0 Å². The summed E-state index contributed by atoms with van der Waals surface area (Å²) >= 11 is 1.74. The molecule has 1 amide bonds. The van der Waals surface area contributed by atoms with E-state index < -0.39 is 0 Å². The highest BCUT2D eigenvalue weighted by molar-refractivity contribution is 7.99. The van der Waals surface area contributed by atoms with Crippen molar-refractivity contribution in [1.29, 1.82) is 0 Å². The fraction of sp³-hybridized carbons (Fsp3) is 0.391. The maximum atomic E-state index is 13.3. The van der Waals surface area contributed by atoms with Crippen molar-refractivity contribution in [1.82, 2.24) is 25.1 Å². The molecule has 8 heteroatoms. The van der Waals surface area contributed by atoms with Gasteiger partial charge in [-0.15, -0.1) is 11.8 Å². The zero-order chi connectivity index (χ0) is 21.6. The van der Waals surface area contributed by atoms with Crippen LogP contribution in [-0.2, 0) is 10.5 Å². The van der Waals surface area contributed by atoms with Crippen LogP contribution in [0.5, 0.6) is 0 Å². The number of piperazine rings is 1. The summed E-state index contributed by atoms with van der Waals surface area (Å²) in [6, 6.07) is 20.2. The molecular formula is C23H28N6OS. The van der Waals surface area contributed by atoms with Crippen molar-refractivity contribution < 1.29 is 4.79 Å². The molecule has 1 aliphatic heterocycles. The Morgan fingerprint density at radius 1 is 0.968 bits per heavy atom. The number of amides is 1. The molecule has 162 valence electrons. The molecular weight excluding hydrogens is 408 g/mol. The fourth-order valence-electron chi connectivity index (χ4n) is 3.73. The Labute approximate surface area is 187 Å². The highest BCUT2D eigenvalue weighted by atomic mass is 32.2. The van der Waals surface area contributed by atoms with E-state index in [1.54, 1.807) is 16.4 Å². The van der Waals surface area contributed by atoms with Gasteiger partial charge in [-0.3, -0.25) is 4.79 Å². The molecule has 0 spiro atoms. The van der Waals surface area contributed by atoms with Crippen molar-refractivity contribution in [3.63, 3.8) is 0 Å². The molecule has 1 atom stereocenters. The van der Waals surface area contributed by atoms with Gasteiger partial charge in [-0.2, -0.15) is 4.68 Å². The summed E-state index contributed by atoms with van der Waals surface area (Å²) in [5.74, 6) is 2.08. The standard InChI is InChI=1S/C23H28N6OS/c1-18(2)21(31-17-19-9-5-3-6-10-19)22(30)27-13-15-28(16-14-27)23-24-25-26-29(23)20-11-7-4-8-12-20/h3-12,18,21H,13-17H2,1-2H3. The van der Waals surface area contributed by atoms with Crippen molar-refractivity contribution in [3.05, 3.63) is 66.2 Å². The summed E-state index contributed by atoms with van der Waals surface area (Å²) in [6.45, 7) is 7.04. The van der Waals surface area contributed by atoms with E-state index >= 15 is 0 Å². The minimum absolute atomic E-state index is 0.0404. The third-order valence-electron chi connectivity index (χ3n) is 5.45. The lowest BCUT2D eigenvalue weighted by molar-refractivity contribution is -0.131. The van der Waals surface area contributed by atoms with Crippen molar-refractivity contribution in [2.75, 3.05) is 31.1 Å². The molecule has 0 radical (unpaired) electrons.